The molecule has 0 atom stereocenters. The average Bonchev–Trinajstić information content (AvgIpc) is 2.44. The van der Waals surface area contributed by atoms with Crippen molar-refractivity contribution >= 4 is 5.69 Å². The Labute approximate surface area is 127 Å². The zero-order valence-corrected chi connectivity index (χ0v) is 11.5. The molecule has 2 aromatic carbocycles. The van der Waals surface area contributed by atoms with Gasteiger partial charge in [0.15, 0.2) is 0 Å². The Morgan fingerprint density at radius 3 is 1.96 bits per heavy atom. The summed E-state index contributed by atoms with van der Waals surface area (Å²) < 4.78 is 81.0. The SMILES string of the molecule is Nc1ccc(OCc2ccc(C(F)(F)F)cc2)c(C(F)(F)F)c1. The lowest BCUT2D eigenvalue weighted by atomic mass is 10.1. The molecule has 0 bridgehead atoms. The van der Waals surface area contributed by atoms with E-state index in [1.165, 1.54) is 6.07 Å². The first-order valence-corrected chi connectivity index (χ1v) is 6.33. The molecule has 0 saturated heterocycles. The maximum atomic E-state index is 12.9. The lowest BCUT2D eigenvalue weighted by molar-refractivity contribution is -0.139. The highest BCUT2D eigenvalue weighted by Gasteiger charge is 2.34. The molecule has 2 nitrogen and oxygen atoms in total. The molecule has 0 aromatic heterocycles. The number of nitrogens with two attached hydrogens (primary N) is 1. The molecular weight excluding hydrogens is 324 g/mol. The van der Waals surface area contributed by atoms with Crippen LogP contribution in [0.3, 0.4) is 0 Å². The zero-order chi connectivity index (χ0) is 17.3. The maximum absolute atomic E-state index is 12.9. The van der Waals surface area contributed by atoms with Crippen LogP contribution in [0.4, 0.5) is 32.0 Å². The van der Waals surface area contributed by atoms with E-state index in [1.807, 2.05) is 0 Å². The minimum atomic E-state index is -4.65. The van der Waals surface area contributed by atoms with E-state index in [9.17, 15) is 26.3 Å². The lowest BCUT2D eigenvalue weighted by Crippen LogP contribution is -2.10. The molecule has 124 valence electrons. The molecule has 0 heterocycles. The lowest BCUT2D eigenvalue weighted by Gasteiger charge is -2.15. The van der Waals surface area contributed by atoms with E-state index in [4.69, 9.17) is 10.5 Å². The Balaban J connectivity index is 2.15. The molecule has 0 amide bonds. The summed E-state index contributed by atoms with van der Waals surface area (Å²) in [6.07, 6.45) is -9.12. The molecule has 0 aliphatic rings. The van der Waals surface area contributed by atoms with Gasteiger partial charge in [-0.05, 0) is 35.9 Å². The Bertz CT molecular complexity index is 676. The largest absolute Gasteiger partial charge is 0.488 e. The number of ether oxygens (including phenoxy) is 1. The van der Waals surface area contributed by atoms with Gasteiger partial charge in [-0.3, -0.25) is 0 Å². The first kappa shape index (κ1) is 17.0. The zero-order valence-electron chi connectivity index (χ0n) is 11.5. The molecule has 0 unspecified atom stereocenters. The summed E-state index contributed by atoms with van der Waals surface area (Å²) in [5.41, 5.74) is 3.68. The fourth-order valence-corrected chi connectivity index (χ4v) is 1.85. The van der Waals surface area contributed by atoms with Crippen LogP contribution in [0.1, 0.15) is 16.7 Å². The van der Waals surface area contributed by atoms with Crippen LogP contribution in [-0.2, 0) is 19.0 Å². The molecule has 0 fully saturated rings. The summed E-state index contributed by atoms with van der Waals surface area (Å²) in [4.78, 5) is 0. The fraction of sp³-hybridized carbons (Fsp3) is 0.200. The van der Waals surface area contributed by atoms with Crippen LogP contribution in [0.15, 0.2) is 42.5 Å². The average molecular weight is 335 g/mol. The molecule has 23 heavy (non-hydrogen) atoms. The molecule has 0 aliphatic heterocycles. The predicted octanol–water partition coefficient (Wildman–Crippen LogP) is 4.89. The molecule has 0 aliphatic carbocycles. The van der Waals surface area contributed by atoms with Gasteiger partial charge in [-0.25, -0.2) is 0 Å². The summed E-state index contributed by atoms with van der Waals surface area (Å²) in [5.74, 6) is -0.438. The van der Waals surface area contributed by atoms with Gasteiger partial charge in [-0.15, -0.1) is 0 Å². The van der Waals surface area contributed by atoms with Crippen LogP contribution in [0.5, 0.6) is 5.75 Å². The Morgan fingerprint density at radius 1 is 0.826 bits per heavy atom. The van der Waals surface area contributed by atoms with Gasteiger partial charge >= 0.3 is 12.4 Å². The van der Waals surface area contributed by atoms with Gasteiger partial charge in [0.1, 0.15) is 12.4 Å². The highest BCUT2D eigenvalue weighted by molar-refractivity contribution is 5.49. The van der Waals surface area contributed by atoms with Crippen LogP contribution in [-0.4, -0.2) is 0 Å². The van der Waals surface area contributed by atoms with Crippen molar-refractivity contribution in [3.63, 3.8) is 0 Å². The minimum Gasteiger partial charge on any atom is -0.488 e. The molecular formula is C15H11F6NO. The van der Waals surface area contributed by atoms with Crippen LogP contribution in [0.2, 0.25) is 0 Å². The molecule has 2 N–H and O–H groups in total. The normalized spacial score (nSPS) is 12.3. The Morgan fingerprint density at radius 2 is 1.43 bits per heavy atom. The maximum Gasteiger partial charge on any atom is 0.420 e. The number of rotatable bonds is 3. The van der Waals surface area contributed by atoms with Crippen LogP contribution in [0.25, 0.3) is 0 Å². The number of hydrogen-bond donors (Lipinski definition) is 1. The van der Waals surface area contributed by atoms with Crippen molar-refractivity contribution in [3.8, 4) is 5.75 Å². The van der Waals surface area contributed by atoms with Crippen molar-refractivity contribution in [2.45, 2.75) is 19.0 Å². The predicted molar refractivity (Wildman–Crippen MR) is 71.6 cm³/mol. The number of hydrogen-bond acceptors (Lipinski definition) is 2. The van der Waals surface area contributed by atoms with Gasteiger partial charge in [0.05, 0.1) is 11.1 Å². The monoisotopic (exact) mass is 335 g/mol. The Hall–Kier alpha value is -2.38. The summed E-state index contributed by atoms with van der Waals surface area (Å²) in [6.45, 7) is -0.300. The van der Waals surface area contributed by atoms with E-state index >= 15 is 0 Å². The first-order valence-electron chi connectivity index (χ1n) is 6.33. The van der Waals surface area contributed by atoms with Gasteiger partial charge in [-0.1, -0.05) is 12.1 Å². The summed E-state index contributed by atoms with van der Waals surface area (Å²) in [5, 5.41) is 0. The Kier molecular flexibility index (Phi) is 4.44. The highest BCUT2D eigenvalue weighted by atomic mass is 19.4. The van der Waals surface area contributed by atoms with Crippen molar-refractivity contribution in [2.24, 2.45) is 0 Å². The van der Waals surface area contributed by atoms with Crippen molar-refractivity contribution in [3.05, 3.63) is 59.2 Å². The molecule has 2 rings (SSSR count). The third-order valence-corrected chi connectivity index (χ3v) is 2.98. The summed E-state index contributed by atoms with van der Waals surface area (Å²) >= 11 is 0. The molecule has 0 saturated carbocycles. The smallest absolute Gasteiger partial charge is 0.420 e. The van der Waals surface area contributed by atoms with E-state index < -0.39 is 29.2 Å². The van der Waals surface area contributed by atoms with Crippen LogP contribution < -0.4 is 10.5 Å². The first-order chi connectivity index (χ1) is 10.6. The van der Waals surface area contributed by atoms with Gasteiger partial charge in [0.25, 0.3) is 0 Å². The second-order valence-electron chi connectivity index (χ2n) is 4.74. The van der Waals surface area contributed by atoms with Gasteiger partial charge < -0.3 is 10.5 Å². The summed E-state index contributed by atoms with van der Waals surface area (Å²) in [7, 11) is 0. The van der Waals surface area contributed by atoms with Crippen molar-refractivity contribution < 1.29 is 31.1 Å². The quantitative estimate of drug-likeness (QED) is 0.640. The second-order valence-corrected chi connectivity index (χ2v) is 4.74. The van der Waals surface area contributed by atoms with E-state index in [0.717, 1.165) is 36.4 Å². The van der Waals surface area contributed by atoms with E-state index in [2.05, 4.69) is 0 Å². The van der Waals surface area contributed by atoms with Crippen molar-refractivity contribution in [1.82, 2.24) is 0 Å². The van der Waals surface area contributed by atoms with Crippen LogP contribution in [0, 0.1) is 0 Å². The van der Waals surface area contributed by atoms with Gasteiger partial charge in [-0.2, -0.15) is 26.3 Å². The third-order valence-electron chi connectivity index (χ3n) is 2.98. The van der Waals surface area contributed by atoms with Gasteiger partial charge in [0, 0.05) is 5.69 Å². The molecule has 8 heteroatoms. The van der Waals surface area contributed by atoms with Crippen molar-refractivity contribution in [2.75, 3.05) is 5.73 Å². The minimum absolute atomic E-state index is 0.0702. The third kappa shape index (κ3) is 4.30. The van der Waals surface area contributed by atoms with E-state index in [1.54, 1.807) is 0 Å². The van der Waals surface area contributed by atoms with Crippen LogP contribution >= 0.6 is 0 Å². The fourth-order valence-electron chi connectivity index (χ4n) is 1.85. The molecule has 0 radical (unpaired) electrons. The van der Waals surface area contributed by atoms with E-state index in [-0.39, 0.29) is 12.3 Å². The summed E-state index contributed by atoms with van der Waals surface area (Å²) in [6, 6.07) is 7.03. The number of nitrogen functional groups attached to an aromatic ring is 1. The van der Waals surface area contributed by atoms with Gasteiger partial charge in [0.2, 0.25) is 0 Å². The molecule has 2 aromatic rings. The van der Waals surface area contributed by atoms with Crippen molar-refractivity contribution in [1.29, 1.82) is 0 Å². The number of halogens is 6. The highest BCUT2D eigenvalue weighted by Crippen LogP contribution is 2.37. The van der Waals surface area contributed by atoms with E-state index in [0.29, 0.717) is 5.56 Å². The number of alkyl halides is 6. The molecule has 0 spiro atoms. The second kappa shape index (κ2) is 6.02. The standard InChI is InChI=1S/C15H11F6NO/c16-14(17,18)10-3-1-9(2-4-10)8-23-13-6-5-11(22)7-12(13)15(19,20)21/h1-7H,8,22H2. The topological polar surface area (TPSA) is 35.2 Å². The number of anilines is 1. The number of benzene rings is 2.